The Bertz CT molecular complexity index is 1190. The molecule has 0 amide bonds. The van der Waals surface area contributed by atoms with Gasteiger partial charge in [-0.3, -0.25) is 0 Å². The van der Waals surface area contributed by atoms with Crippen LogP contribution in [0.2, 0.25) is 0 Å². The lowest BCUT2D eigenvalue weighted by molar-refractivity contribution is 1.40. The second-order valence-corrected chi connectivity index (χ2v) is 6.19. The number of aromatic nitrogens is 2. The largest absolute Gasteiger partial charge is 0.361 e. The van der Waals surface area contributed by atoms with E-state index in [-0.39, 0.29) is 0 Å². The number of rotatable bonds is 2. The van der Waals surface area contributed by atoms with Crippen molar-refractivity contribution in [2.75, 3.05) is 0 Å². The number of nitrogens with one attached hydrogen (secondary N) is 1. The van der Waals surface area contributed by atoms with Crippen molar-refractivity contribution in [1.82, 2.24) is 9.97 Å². The molecule has 0 saturated carbocycles. The predicted octanol–water partition coefficient (Wildman–Crippen LogP) is 6.05. The standard InChI is InChI=1S/C23H16N2/c1-2-8-16(9-3-1)23-14-19(17-10-5-7-13-22(17)25-23)20-15-24-21-12-6-4-11-18(20)21/h1-15,24H. The second kappa shape index (κ2) is 5.60. The van der Waals surface area contributed by atoms with Crippen molar-refractivity contribution in [3.05, 3.63) is 91.1 Å². The number of pyridine rings is 1. The van der Waals surface area contributed by atoms with Crippen molar-refractivity contribution in [3.8, 4) is 22.4 Å². The molecule has 5 aromatic rings. The number of fused-ring (bicyclic) bond motifs is 2. The fraction of sp³-hybridized carbons (Fsp3) is 0. The Labute approximate surface area is 145 Å². The summed E-state index contributed by atoms with van der Waals surface area (Å²) in [5.74, 6) is 0. The van der Waals surface area contributed by atoms with Crippen molar-refractivity contribution in [3.63, 3.8) is 0 Å². The first-order chi connectivity index (χ1) is 12.4. The maximum absolute atomic E-state index is 4.89. The number of benzene rings is 3. The van der Waals surface area contributed by atoms with E-state index in [1.165, 1.54) is 21.9 Å². The Morgan fingerprint density at radius 1 is 0.640 bits per heavy atom. The van der Waals surface area contributed by atoms with Gasteiger partial charge in [0.05, 0.1) is 11.2 Å². The highest BCUT2D eigenvalue weighted by Crippen LogP contribution is 2.35. The molecule has 0 bridgehead atoms. The molecule has 0 atom stereocenters. The molecule has 2 heterocycles. The Morgan fingerprint density at radius 3 is 2.24 bits per heavy atom. The van der Waals surface area contributed by atoms with Crippen LogP contribution in [0.5, 0.6) is 0 Å². The van der Waals surface area contributed by atoms with E-state index in [9.17, 15) is 0 Å². The lowest BCUT2D eigenvalue weighted by Crippen LogP contribution is -1.89. The van der Waals surface area contributed by atoms with E-state index in [1.54, 1.807) is 0 Å². The van der Waals surface area contributed by atoms with E-state index in [0.717, 1.165) is 22.3 Å². The summed E-state index contributed by atoms with van der Waals surface area (Å²) in [4.78, 5) is 8.28. The van der Waals surface area contributed by atoms with Crippen LogP contribution in [0, 0.1) is 0 Å². The Morgan fingerprint density at radius 2 is 1.36 bits per heavy atom. The maximum atomic E-state index is 4.89. The van der Waals surface area contributed by atoms with Crippen LogP contribution in [0.4, 0.5) is 0 Å². The molecule has 25 heavy (non-hydrogen) atoms. The fourth-order valence-electron chi connectivity index (χ4n) is 3.45. The van der Waals surface area contributed by atoms with Gasteiger partial charge in [0.1, 0.15) is 0 Å². The lowest BCUT2D eigenvalue weighted by Gasteiger charge is -2.10. The molecule has 3 aromatic carbocycles. The van der Waals surface area contributed by atoms with Crippen molar-refractivity contribution < 1.29 is 0 Å². The Kier molecular flexibility index (Phi) is 3.14. The average Bonchev–Trinajstić information content (AvgIpc) is 3.12. The minimum absolute atomic E-state index is 1.000. The van der Waals surface area contributed by atoms with Crippen LogP contribution in [0.25, 0.3) is 44.2 Å². The van der Waals surface area contributed by atoms with Gasteiger partial charge in [-0.05, 0) is 23.8 Å². The summed E-state index contributed by atoms with van der Waals surface area (Å²) in [5, 5.41) is 2.41. The van der Waals surface area contributed by atoms with Gasteiger partial charge in [0, 0.05) is 33.6 Å². The first-order valence-corrected chi connectivity index (χ1v) is 8.42. The van der Waals surface area contributed by atoms with Gasteiger partial charge < -0.3 is 4.98 Å². The zero-order chi connectivity index (χ0) is 16.6. The van der Waals surface area contributed by atoms with Gasteiger partial charge in [-0.2, -0.15) is 0 Å². The van der Waals surface area contributed by atoms with Crippen molar-refractivity contribution in [1.29, 1.82) is 0 Å². The van der Waals surface area contributed by atoms with E-state index in [4.69, 9.17) is 4.98 Å². The minimum atomic E-state index is 1.000. The molecule has 0 radical (unpaired) electrons. The SMILES string of the molecule is c1ccc(-c2cc(-c3c[nH]c4ccccc34)c3ccccc3n2)cc1. The molecule has 2 heteroatoms. The maximum Gasteiger partial charge on any atom is 0.0715 e. The summed E-state index contributed by atoms with van der Waals surface area (Å²) in [7, 11) is 0. The summed E-state index contributed by atoms with van der Waals surface area (Å²) in [5.41, 5.74) is 6.73. The smallest absolute Gasteiger partial charge is 0.0715 e. The third-order valence-electron chi connectivity index (χ3n) is 4.67. The number of hydrogen-bond donors (Lipinski definition) is 1. The lowest BCUT2D eigenvalue weighted by atomic mass is 9.98. The number of aromatic amines is 1. The highest BCUT2D eigenvalue weighted by Gasteiger charge is 2.12. The summed E-state index contributed by atoms with van der Waals surface area (Å²) in [6, 6.07) is 29.3. The second-order valence-electron chi connectivity index (χ2n) is 6.19. The summed E-state index contributed by atoms with van der Waals surface area (Å²) < 4.78 is 0. The van der Waals surface area contributed by atoms with E-state index in [2.05, 4.69) is 84.0 Å². The molecule has 0 aliphatic rings. The summed E-state index contributed by atoms with van der Waals surface area (Å²) in [6.45, 7) is 0. The first-order valence-electron chi connectivity index (χ1n) is 8.42. The van der Waals surface area contributed by atoms with Crippen LogP contribution < -0.4 is 0 Å². The number of hydrogen-bond acceptors (Lipinski definition) is 1. The molecule has 0 unspecified atom stereocenters. The topological polar surface area (TPSA) is 28.7 Å². The monoisotopic (exact) mass is 320 g/mol. The average molecular weight is 320 g/mol. The molecule has 0 saturated heterocycles. The molecular weight excluding hydrogens is 304 g/mol. The van der Waals surface area contributed by atoms with Crippen LogP contribution in [0.1, 0.15) is 0 Å². The molecule has 5 rings (SSSR count). The van der Waals surface area contributed by atoms with Gasteiger partial charge in [0.15, 0.2) is 0 Å². The molecule has 2 aromatic heterocycles. The van der Waals surface area contributed by atoms with E-state index < -0.39 is 0 Å². The summed E-state index contributed by atoms with van der Waals surface area (Å²) in [6.07, 6.45) is 2.10. The third-order valence-corrected chi connectivity index (χ3v) is 4.67. The molecule has 0 aliphatic heterocycles. The first kappa shape index (κ1) is 14.0. The van der Waals surface area contributed by atoms with Gasteiger partial charge in [0.2, 0.25) is 0 Å². The van der Waals surface area contributed by atoms with Crippen LogP contribution in [0.3, 0.4) is 0 Å². The molecule has 0 spiro atoms. The van der Waals surface area contributed by atoms with Crippen LogP contribution in [-0.4, -0.2) is 9.97 Å². The van der Waals surface area contributed by atoms with Crippen LogP contribution in [-0.2, 0) is 0 Å². The number of H-pyrrole nitrogens is 1. The van der Waals surface area contributed by atoms with Crippen molar-refractivity contribution >= 4 is 21.8 Å². The molecular formula is C23H16N2. The minimum Gasteiger partial charge on any atom is -0.361 e. The van der Waals surface area contributed by atoms with E-state index in [0.29, 0.717) is 0 Å². The van der Waals surface area contributed by atoms with Crippen LogP contribution in [0.15, 0.2) is 91.1 Å². The quantitative estimate of drug-likeness (QED) is 0.421. The highest BCUT2D eigenvalue weighted by atomic mass is 14.7. The van der Waals surface area contributed by atoms with Gasteiger partial charge in [-0.1, -0.05) is 66.7 Å². The molecule has 0 aliphatic carbocycles. The highest BCUT2D eigenvalue weighted by molar-refractivity contribution is 6.05. The Balaban J connectivity index is 1.85. The van der Waals surface area contributed by atoms with E-state index in [1.807, 2.05) is 12.1 Å². The number of nitrogens with zero attached hydrogens (tertiary/aromatic N) is 1. The Hall–Kier alpha value is -3.39. The molecule has 0 fully saturated rings. The van der Waals surface area contributed by atoms with E-state index >= 15 is 0 Å². The fourth-order valence-corrected chi connectivity index (χ4v) is 3.45. The van der Waals surface area contributed by atoms with Crippen molar-refractivity contribution in [2.45, 2.75) is 0 Å². The van der Waals surface area contributed by atoms with Crippen LogP contribution >= 0.6 is 0 Å². The molecule has 118 valence electrons. The zero-order valence-electron chi connectivity index (χ0n) is 13.6. The number of para-hydroxylation sites is 2. The zero-order valence-corrected chi connectivity index (χ0v) is 13.6. The molecule has 1 N–H and O–H groups in total. The third kappa shape index (κ3) is 2.31. The molecule has 2 nitrogen and oxygen atoms in total. The van der Waals surface area contributed by atoms with Gasteiger partial charge in [0.25, 0.3) is 0 Å². The van der Waals surface area contributed by atoms with Gasteiger partial charge in [-0.15, -0.1) is 0 Å². The van der Waals surface area contributed by atoms with Gasteiger partial charge >= 0.3 is 0 Å². The predicted molar refractivity (Wildman–Crippen MR) is 104 cm³/mol. The van der Waals surface area contributed by atoms with Gasteiger partial charge in [-0.25, -0.2) is 4.98 Å². The summed E-state index contributed by atoms with van der Waals surface area (Å²) >= 11 is 0. The normalized spacial score (nSPS) is 11.2. The van der Waals surface area contributed by atoms with Crippen molar-refractivity contribution in [2.24, 2.45) is 0 Å².